The van der Waals surface area contributed by atoms with Crippen molar-refractivity contribution in [1.82, 2.24) is 9.55 Å². The molecule has 0 spiro atoms. The summed E-state index contributed by atoms with van der Waals surface area (Å²) in [6, 6.07) is 11.5. The molecule has 1 aromatic heterocycles. The first-order valence-electron chi connectivity index (χ1n) is 8.09. The van der Waals surface area contributed by atoms with Gasteiger partial charge in [0.25, 0.3) is 0 Å². The van der Waals surface area contributed by atoms with Gasteiger partial charge < -0.3 is 23.5 Å². The van der Waals surface area contributed by atoms with Crippen molar-refractivity contribution in [2.24, 2.45) is 7.05 Å². The number of ether oxygens (including phenoxy) is 4. The van der Waals surface area contributed by atoms with Crippen LogP contribution >= 0.6 is 0 Å². The molecular weight excluding hydrogens is 332 g/mol. The largest absolute Gasteiger partial charge is 0.493 e. The molecule has 0 bridgehead atoms. The van der Waals surface area contributed by atoms with Crippen LogP contribution in [-0.4, -0.2) is 38.0 Å². The predicted octanol–water partition coefficient (Wildman–Crippen LogP) is 3.79. The molecule has 3 rings (SSSR count). The Labute approximate surface area is 152 Å². The van der Waals surface area contributed by atoms with Crippen molar-refractivity contribution >= 4 is 0 Å². The molecular formula is C20H22N2O4. The van der Waals surface area contributed by atoms with Crippen LogP contribution in [-0.2, 0) is 7.05 Å². The van der Waals surface area contributed by atoms with E-state index < -0.39 is 0 Å². The van der Waals surface area contributed by atoms with Gasteiger partial charge in [0.1, 0.15) is 5.82 Å². The fourth-order valence-corrected chi connectivity index (χ4v) is 2.84. The minimum absolute atomic E-state index is 0.667. The fraction of sp³-hybridized carbons (Fsp3) is 0.250. The molecule has 6 heteroatoms. The van der Waals surface area contributed by atoms with Crippen molar-refractivity contribution in [3.05, 3.63) is 42.6 Å². The SMILES string of the molecule is COc1ccc(-c2cn(C)c(-c3ccc(OC)c(OC)c3)n2)cc1OC. The van der Waals surface area contributed by atoms with Gasteiger partial charge in [0.05, 0.1) is 34.1 Å². The van der Waals surface area contributed by atoms with E-state index in [1.807, 2.05) is 54.2 Å². The summed E-state index contributed by atoms with van der Waals surface area (Å²) in [4.78, 5) is 4.78. The van der Waals surface area contributed by atoms with E-state index in [4.69, 9.17) is 23.9 Å². The Bertz CT molecular complexity index is 918. The van der Waals surface area contributed by atoms with Crippen LogP contribution in [0, 0.1) is 0 Å². The maximum absolute atomic E-state index is 5.39. The molecule has 0 aliphatic rings. The van der Waals surface area contributed by atoms with Crippen molar-refractivity contribution in [2.45, 2.75) is 0 Å². The Hall–Kier alpha value is -3.15. The number of benzene rings is 2. The summed E-state index contributed by atoms with van der Waals surface area (Å²) in [5, 5.41) is 0. The van der Waals surface area contributed by atoms with Crippen LogP contribution in [0.5, 0.6) is 23.0 Å². The number of hydrogen-bond acceptors (Lipinski definition) is 5. The number of hydrogen-bond donors (Lipinski definition) is 0. The first-order chi connectivity index (χ1) is 12.6. The summed E-state index contributed by atoms with van der Waals surface area (Å²) in [6.07, 6.45) is 1.98. The standard InChI is InChI=1S/C20H22N2O4/c1-22-12-15(13-6-8-16(23-2)18(10-13)25-4)21-20(22)14-7-9-17(24-3)19(11-14)26-5/h6-12H,1-5H3. The Morgan fingerprint density at radius 1 is 0.692 bits per heavy atom. The zero-order valence-electron chi connectivity index (χ0n) is 15.6. The lowest BCUT2D eigenvalue weighted by atomic mass is 10.1. The van der Waals surface area contributed by atoms with E-state index in [0.29, 0.717) is 23.0 Å². The molecule has 0 aliphatic carbocycles. The van der Waals surface area contributed by atoms with E-state index in [9.17, 15) is 0 Å². The molecule has 2 aromatic carbocycles. The van der Waals surface area contributed by atoms with Gasteiger partial charge in [-0.05, 0) is 36.4 Å². The van der Waals surface area contributed by atoms with Gasteiger partial charge in [0, 0.05) is 24.4 Å². The lowest BCUT2D eigenvalue weighted by Gasteiger charge is -2.09. The maximum Gasteiger partial charge on any atom is 0.161 e. The molecule has 26 heavy (non-hydrogen) atoms. The van der Waals surface area contributed by atoms with Crippen LogP contribution in [0.3, 0.4) is 0 Å². The summed E-state index contributed by atoms with van der Waals surface area (Å²) >= 11 is 0. The fourth-order valence-electron chi connectivity index (χ4n) is 2.84. The highest BCUT2D eigenvalue weighted by Crippen LogP contribution is 2.35. The summed E-state index contributed by atoms with van der Waals surface area (Å²) in [6.45, 7) is 0. The molecule has 0 fully saturated rings. The van der Waals surface area contributed by atoms with Gasteiger partial charge in [0.2, 0.25) is 0 Å². The molecule has 0 unspecified atom stereocenters. The summed E-state index contributed by atoms with van der Waals surface area (Å²) in [7, 11) is 8.44. The molecule has 3 aromatic rings. The minimum atomic E-state index is 0.667. The second-order valence-electron chi connectivity index (χ2n) is 5.70. The summed E-state index contributed by atoms with van der Waals surface area (Å²) in [5.74, 6) is 3.54. The average molecular weight is 354 g/mol. The van der Waals surface area contributed by atoms with Gasteiger partial charge in [0.15, 0.2) is 23.0 Å². The number of methoxy groups -OCH3 is 4. The van der Waals surface area contributed by atoms with Crippen molar-refractivity contribution < 1.29 is 18.9 Å². The van der Waals surface area contributed by atoms with Crippen molar-refractivity contribution in [3.8, 4) is 45.6 Å². The Kier molecular flexibility index (Phi) is 5.02. The Balaban J connectivity index is 2.02. The lowest BCUT2D eigenvalue weighted by Crippen LogP contribution is -1.94. The highest BCUT2D eigenvalue weighted by atomic mass is 16.5. The van der Waals surface area contributed by atoms with Gasteiger partial charge in [-0.25, -0.2) is 4.98 Å². The van der Waals surface area contributed by atoms with Crippen LogP contribution in [0.25, 0.3) is 22.6 Å². The molecule has 136 valence electrons. The van der Waals surface area contributed by atoms with E-state index in [1.54, 1.807) is 28.4 Å². The van der Waals surface area contributed by atoms with Gasteiger partial charge in [-0.3, -0.25) is 0 Å². The number of aryl methyl sites for hydroxylation is 1. The van der Waals surface area contributed by atoms with Crippen molar-refractivity contribution in [2.75, 3.05) is 28.4 Å². The van der Waals surface area contributed by atoms with E-state index in [2.05, 4.69) is 0 Å². The highest BCUT2D eigenvalue weighted by molar-refractivity contribution is 5.69. The lowest BCUT2D eigenvalue weighted by molar-refractivity contribution is 0.355. The molecule has 0 atom stereocenters. The number of aromatic nitrogens is 2. The molecule has 0 saturated carbocycles. The van der Waals surface area contributed by atoms with Crippen LogP contribution in [0.15, 0.2) is 42.6 Å². The van der Waals surface area contributed by atoms with Crippen LogP contribution < -0.4 is 18.9 Å². The molecule has 0 amide bonds. The van der Waals surface area contributed by atoms with Gasteiger partial charge in [-0.1, -0.05) is 0 Å². The third kappa shape index (κ3) is 3.18. The summed E-state index contributed by atoms with van der Waals surface area (Å²) < 4.78 is 23.4. The Morgan fingerprint density at radius 2 is 1.19 bits per heavy atom. The number of imidazole rings is 1. The second-order valence-corrected chi connectivity index (χ2v) is 5.70. The summed E-state index contributed by atoms with van der Waals surface area (Å²) in [5.41, 5.74) is 2.74. The van der Waals surface area contributed by atoms with Gasteiger partial charge in [-0.2, -0.15) is 0 Å². The quantitative estimate of drug-likeness (QED) is 0.674. The molecule has 0 radical (unpaired) electrons. The number of rotatable bonds is 6. The van der Waals surface area contributed by atoms with E-state index in [0.717, 1.165) is 22.6 Å². The van der Waals surface area contributed by atoms with E-state index in [1.165, 1.54) is 0 Å². The van der Waals surface area contributed by atoms with Gasteiger partial charge >= 0.3 is 0 Å². The van der Waals surface area contributed by atoms with Crippen molar-refractivity contribution in [3.63, 3.8) is 0 Å². The van der Waals surface area contributed by atoms with E-state index >= 15 is 0 Å². The smallest absolute Gasteiger partial charge is 0.161 e. The first kappa shape index (κ1) is 17.7. The average Bonchev–Trinajstić information content (AvgIpc) is 3.08. The molecule has 6 nitrogen and oxygen atoms in total. The van der Waals surface area contributed by atoms with Crippen LogP contribution in [0.4, 0.5) is 0 Å². The third-order valence-corrected chi connectivity index (χ3v) is 4.20. The Morgan fingerprint density at radius 3 is 1.73 bits per heavy atom. The predicted molar refractivity (Wildman–Crippen MR) is 100 cm³/mol. The minimum Gasteiger partial charge on any atom is -0.493 e. The van der Waals surface area contributed by atoms with Gasteiger partial charge in [-0.15, -0.1) is 0 Å². The third-order valence-electron chi connectivity index (χ3n) is 4.20. The molecule has 0 N–H and O–H groups in total. The topological polar surface area (TPSA) is 54.7 Å². The van der Waals surface area contributed by atoms with Crippen LogP contribution in [0.2, 0.25) is 0 Å². The van der Waals surface area contributed by atoms with E-state index in [-0.39, 0.29) is 0 Å². The maximum atomic E-state index is 5.39. The zero-order valence-corrected chi connectivity index (χ0v) is 15.6. The monoisotopic (exact) mass is 354 g/mol. The number of nitrogens with zero attached hydrogens (tertiary/aromatic N) is 2. The zero-order chi connectivity index (χ0) is 18.7. The normalized spacial score (nSPS) is 10.5. The molecule has 0 aliphatic heterocycles. The molecule has 0 saturated heterocycles. The second kappa shape index (κ2) is 7.39. The van der Waals surface area contributed by atoms with Crippen molar-refractivity contribution in [1.29, 1.82) is 0 Å². The highest BCUT2D eigenvalue weighted by Gasteiger charge is 2.14. The first-order valence-corrected chi connectivity index (χ1v) is 8.09. The molecule has 1 heterocycles. The van der Waals surface area contributed by atoms with Crippen LogP contribution in [0.1, 0.15) is 0 Å².